The Morgan fingerprint density at radius 1 is 1.35 bits per heavy atom. The Morgan fingerprint density at radius 2 is 2.04 bits per heavy atom. The van der Waals surface area contributed by atoms with E-state index < -0.39 is 5.41 Å². The highest BCUT2D eigenvalue weighted by Gasteiger charge is 2.18. The van der Waals surface area contributed by atoms with Crippen LogP contribution in [0.3, 0.4) is 0 Å². The molecule has 0 saturated carbocycles. The molecule has 0 unspecified atom stereocenters. The number of nitrogens with one attached hydrogen (secondary N) is 1. The first kappa shape index (κ1) is 17.7. The summed E-state index contributed by atoms with van der Waals surface area (Å²) in [4.78, 5) is 26.9. The monoisotopic (exact) mass is 395 g/mol. The number of rotatable bonds is 3. The van der Waals surface area contributed by atoms with Crippen LogP contribution >= 0.6 is 27.3 Å². The lowest BCUT2D eigenvalue weighted by Gasteiger charge is -2.12. The van der Waals surface area contributed by atoms with Crippen LogP contribution in [-0.4, -0.2) is 17.9 Å². The highest BCUT2D eigenvalue weighted by Crippen LogP contribution is 2.23. The summed E-state index contributed by atoms with van der Waals surface area (Å²) in [6.07, 6.45) is 3.24. The number of benzene rings is 1. The molecule has 0 saturated heterocycles. The SMILES string of the molecule is COc1ccc(Br)cc1C=c1sc(=CC(=O)C(C)(C)C)[nH]c1=O. The number of ether oxygens (including phenoxy) is 1. The first-order valence-corrected chi connectivity index (χ1v) is 8.62. The van der Waals surface area contributed by atoms with Gasteiger partial charge in [0.05, 0.1) is 16.3 Å². The van der Waals surface area contributed by atoms with E-state index in [2.05, 4.69) is 20.9 Å². The Bertz CT molecular complexity index is 903. The van der Waals surface area contributed by atoms with Crippen molar-refractivity contribution < 1.29 is 9.53 Å². The molecule has 23 heavy (non-hydrogen) atoms. The van der Waals surface area contributed by atoms with Gasteiger partial charge in [-0.15, -0.1) is 11.3 Å². The van der Waals surface area contributed by atoms with Gasteiger partial charge >= 0.3 is 0 Å². The zero-order valence-corrected chi connectivity index (χ0v) is 15.8. The fraction of sp³-hybridized carbons (Fsp3) is 0.294. The fourth-order valence-electron chi connectivity index (χ4n) is 1.82. The molecule has 0 amide bonds. The van der Waals surface area contributed by atoms with Crippen LogP contribution in [0.2, 0.25) is 0 Å². The van der Waals surface area contributed by atoms with Gasteiger partial charge in [0.25, 0.3) is 5.56 Å². The zero-order chi connectivity index (χ0) is 17.2. The molecule has 1 heterocycles. The zero-order valence-electron chi connectivity index (χ0n) is 13.4. The number of hydrogen-bond acceptors (Lipinski definition) is 4. The predicted octanol–water partition coefficient (Wildman–Crippen LogP) is 2.43. The molecule has 0 radical (unpaired) electrons. The maximum Gasteiger partial charge on any atom is 0.266 e. The lowest BCUT2D eigenvalue weighted by atomic mass is 9.91. The molecule has 2 rings (SSSR count). The van der Waals surface area contributed by atoms with Crippen LogP contribution in [-0.2, 0) is 4.79 Å². The topological polar surface area (TPSA) is 59.2 Å². The minimum Gasteiger partial charge on any atom is -0.496 e. The van der Waals surface area contributed by atoms with E-state index in [-0.39, 0.29) is 11.3 Å². The van der Waals surface area contributed by atoms with Gasteiger partial charge in [-0.3, -0.25) is 9.59 Å². The Labute approximate surface area is 146 Å². The van der Waals surface area contributed by atoms with E-state index in [9.17, 15) is 9.59 Å². The van der Waals surface area contributed by atoms with Crippen LogP contribution < -0.4 is 19.5 Å². The van der Waals surface area contributed by atoms with Crippen LogP contribution in [0.1, 0.15) is 26.3 Å². The summed E-state index contributed by atoms with van der Waals surface area (Å²) in [7, 11) is 1.58. The number of thiazole rings is 1. The first-order valence-electron chi connectivity index (χ1n) is 7.01. The summed E-state index contributed by atoms with van der Waals surface area (Å²) in [6, 6.07) is 5.57. The minimum absolute atomic E-state index is 0.0263. The number of aromatic amines is 1. The minimum atomic E-state index is -0.474. The van der Waals surface area contributed by atoms with Gasteiger partial charge in [0.1, 0.15) is 5.75 Å². The molecule has 6 heteroatoms. The van der Waals surface area contributed by atoms with Crippen molar-refractivity contribution in [3.8, 4) is 5.75 Å². The Morgan fingerprint density at radius 3 is 2.65 bits per heavy atom. The average Bonchev–Trinajstić information content (AvgIpc) is 2.78. The largest absolute Gasteiger partial charge is 0.496 e. The van der Waals surface area contributed by atoms with E-state index >= 15 is 0 Å². The van der Waals surface area contributed by atoms with Gasteiger partial charge in [-0.05, 0) is 24.3 Å². The lowest BCUT2D eigenvalue weighted by Crippen LogP contribution is -2.22. The van der Waals surface area contributed by atoms with E-state index in [0.29, 0.717) is 14.9 Å². The van der Waals surface area contributed by atoms with Crippen molar-refractivity contribution in [2.75, 3.05) is 7.11 Å². The van der Waals surface area contributed by atoms with E-state index in [4.69, 9.17) is 4.74 Å². The molecule has 1 aromatic carbocycles. The van der Waals surface area contributed by atoms with Crippen molar-refractivity contribution in [2.24, 2.45) is 5.41 Å². The summed E-state index contributed by atoms with van der Waals surface area (Å²) in [5, 5.41) is 0. The van der Waals surface area contributed by atoms with Gasteiger partial charge in [-0.2, -0.15) is 0 Å². The van der Waals surface area contributed by atoms with Gasteiger partial charge in [-0.1, -0.05) is 36.7 Å². The molecule has 4 nitrogen and oxygen atoms in total. The predicted molar refractivity (Wildman–Crippen MR) is 97.4 cm³/mol. The van der Waals surface area contributed by atoms with Crippen molar-refractivity contribution >= 4 is 45.2 Å². The second-order valence-electron chi connectivity index (χ2n) is 6.07. The van der Waals surface area contributed by atoms with E-state index in [1.54, 1.807) is 13.2 Å². The maximum absolute atomic E-state index is 12.1. The number of aromatic nitrogens is 1. The number of methoxy groups -OCH3 is 1. The number of ketones is 1. The van der Waals surface area contributed by atoms with Gasteiger partial charge in [0, 0.05) is 21.5 Å². The molecule has 0 aliphatic carbocycles. The van der Waals surface area contributed by atoms with Gasteiger partial charge < -0.3 is 9.72 Å². The number of carbonyl (C=O) groups excluding carboxylic acids is 1. The van der Waals surface area contributed by atoms with Crippen LogP contribution in [0, 0.1) is 5.41 Å². The number of Topliss-reactive ketones (excluding diaryl/α,β-unsaturated/α-hetero) is 1. The van der Waals surface area contributed by atoms with E-state index in [0.717, 1.165) is 10.0 Å². The second kappa shape index (κ2) is 6.84. The molecule has 122 valence electrons. The van der Waals surface area contributed by atoms with Crippen LogP contribution in [0.4, 0.5) is 0 Å². The molecule has 0 atom stereocenters. The Kier molecular flexibility index (Phi) is 5.26. The van der Waals surface area contributed by atoms with Crippen molar-refractivity contribution in [2.45, 2.75) is 20.8 Å². The fourth-order valence-corrected chi connectivity index (χ4v) is 3.07. The summed E-state index contributed by atoms with van der Waals surface area (Å²) in [5.41, 5.74) is 0.103. The molecule has 2 aromatic rings. The molecule has 1 aromatic heterocycles. The van der Waals surface area contributed by atoms with Crippen molar-refractivity contribution in [3.63, 3.8) is 0 Å². The van der Waals surface area contributed by atoms with Crippen LogP contribution in [0.15, 0.2) is 27.5 Å². The Hall–Kier alpha value is -1.66. The number of H-pyrrole nitrogens is 1. The molecule has 0 bridgehead atoms. The quantitative estimate of drug-likeness (QED) is 0.867. The summed E-state index contributed by atoms with van der Waals surface area (Å²) >= 11 is 4.66. The summed E-state index contributed by atoms with van der Waals surface area (Å²) < 4.78 is 7.28. The molecular weight excluding hydrogens is 378 g/mol. The molecule has 0 aliphatic rings. The van der Waals surface area contributed by atoms with Crippen molar-refractivity contribution in [1.29, 1.82) is 0 Å². The van der Waals surface area contributed by atoms with E-state index in [1.807, 2.05) is 39.0 Å². The standard InChI is InChI=1S/C17H18BrNO3S/c1-17(2,3)14(20)9-15-19-16(21)13(23-15)8-10-7-11(18)5-6-12(10)22-4/h5-9H,1-4H3,(H,19,21). The molecule has 0 aliphatic heterocycles. The number of carbonyl (C=O) groups is 1. The van der Waals surface area contributed by atoms with Gasteiger partial charge in [0.2, 0.25) is 0 Å². The molecule has 1 N–H and O–H groups in total. The van der Waals surface area contributed by atoms with Crippen molar-refractivity contribution in [3.05, 3.63) is 47.8 Å². The maximum atomic E-state index is 12.1. The molecular formula is C17H18BrNO3S. The van der Waals surface area contributed by atoms with Crippen molar-refractivity contribution in [1.82, 2.24) is 4.98 Å². The summed E-state index contributed by atoms with van der Waals surface area (Å²) in [5.74, 6) is 0.652. The average molecular weight is 396 g/mol. The third-order valence-electron chi connectivity index (χ3n) is 3.16. The first-order chi connectivity index (χ1) is 10.7. The van der Waals surface area contributed by atoms with Crippen LogP contribution in [0.5, 0.6) is 5.75 Å². The third kappa shape index (κ3) is 4.42. The number of halogens is 1. The Balaban J connectivity index is 2.55. The van der Waals surface area contributed by atoms with Gasteiger partial charge in [0.15, 0.2) is 5.78 Å². The van der Waals surface area contributed by atoms with E-state index in [1.165, 1.54) is 17.4 Å². The highest BCUT2D eigenvalue weighted by atomic mass is 79.9. The molecule has 0 fully saturated rings. The third-order valence-corrected chi connectivity index (χ3v) is 4.62. The lowest BCUT2D eigenvalue weighted by molar-refractivity contribution is -0.119. The second-order valence-corrected chi connectivity index (χ2v) is 8.07. The molecule has 0 spiro atoms. The normalized spacial score (nSPS) is 13.4. The highest BCUT2D eigenvalue weighted by molar-refractivity contribution is 9.10. The van der Waals surface area contributed by atoms with Gasteiger partial charge in [-0.25, -0.2) is 0 Å². The van der Waals surface area contributed by atoms with Crippen LogP contribution in [0.25, 0.3) is 12.2 Å². The number of hydrogen-bond donors (Lipinski definition) is 1. The smallest absolute Gasteiger partial charge is 0.266 e. The summed E-state index contributed by atoms with van der Waals surface area (Å²) in [6.45, 7) is 5.53.